The third kappa shape index (κ3) is 0.852. The minimum absolute atomic E-state index is 0.914. The zero-order valence-corrected chi connectivity index (χ0v) is 6.28. The van der Waals surface area contributed by atoms with Gasteiger partial charge >= 0.3 is 0 Å². The molecule has 0 saturated carbocycles. The minimum atomic E-state index is 0.914. The van der Waals surface area contributed by atoms with E-state index in [-0.39, 0.29) is 0 Å². The van der Waals surface area contributed by atoms with Crippen molar-refractivity contribution in [2.24, 2.45) is 0 Å². The van der Waals surface area contributed by atoms with Gasteiger partial charge in [-0.3, -0.25) is 0 Å². The maximum atomic E-state index is 4.17. The second kappa shape index (κ2) is 2.27. The Morgan fingerprint density at radius 1 is 1.45 bits per heavy atom. The number of hydrogen-bond donors (Lipinski definition) is 1. The maximum absolute atomic E-state index is 4.17. The molecule has 0 aliphatic carbocycles. The van der Waals surface area contributed by atoms with E-state index in [4.69, 9.17) is 0 Å². The molecule has 2 aromatic rings. The summed E-state index contributed by atoms with van der Waals surface area (Å²) in [5.41, 5.74) is 1.11. The number of rotatable bonds is 1. The van der Waals surface area contributed by atoms with Crippen LogP contribution in [0.2, 0.25) is 0 Å². The number of hydrogen-bond acceptors (Lipinski definition) is 2. The fourth-order valence-electron chi connectivity index (χ4n) is 1.16. The van der Waals surface area contributed by atoms with Crippen molar-refractivity contribution in [3.63, 3.8) is 0 Å². The molecule has 0 aromatic carbocycles. The van der Waals surface area contributed by atoms with E-state index in [2.05, 4.69) is 10.3 Å². The average molecular weight is 147 g/mol. The van der Waals surface area contributed by atoms with Crippen molar-refractivity contribution in [2.75, 3.05) is 12.4 Å². The molecule has 0 fully saturated rings. The van der Waals surface area contributed by atoms with Crippen molar-refractivity contribution < 1.29 is 0 Å². The molecule has 0 bridgehead atoms. The third-order valence-electron chi connectivity index (χ3n) is 1.69. The molecule has 0 saturated heterocycles. The highest BCUT2D eigenvalue weighted by Gasteiger charge is 1.96. The van der Waals surface area contributed by atoms with Crippen molar-refractivity contribution in [1.82, 2.24) is 9.38 Å². The van der Waals surface area contributed by atoms with E-state index in [0.717, 1.165) is 11.3 Å². The number of nitrogens with zero attached hydrogens (tertiary/aromatic N) is 2. The fraction of sp³-hybridized carbons (Fsp3) is 0.125. The summed E-state index contributed by atoms with van der Waals surface area (Å²) >= 11 is 0. The molecule has 3 nitrogen and oxygen atoms in total. The van der Waals surface area contributed by atoms with Crippen molar-refractivity contribution in [2.45, 2.75) is 0 Å². The molecule has 0 aliphatic heterocycles. The van der Waals surface area contributed by atoms with E-state index in [1.807, 2.05) is 36.0 Å². The second-order valence-electron chi connectivity index (χ2n) is 2.33. The summed E-state index contributed by atoms with van der Waals surface area (Å²) in [7, 11) is 1.87. The molecule has 0 atom stereocenters. The summed E-state index contributed by atoms with van der Waals surface area (Å²) in [6.45, 7) is 0. The van der Waals surface area contributed by atoms with Crippen LogP contribution in [0.25, 0.3) is 5.52 Å². The van der Waals surface area contributed by atoms with E-state index >= 15 is 0 Å². The lowest BCUT2D eigenvalue weighted by Gasteiger charge is -2.00. The highest BCUT2D eigenvalue weighted by Crippen LogP contribution is 2.12. The first-order valence-corrected chi connectivity index (χ1v) is 3.51. The van der Waals surface area contributed by atoms with Gasteiger partial charge in [0.15, 0.2) is 0 Å². The van der Waals surface area contributed by atoms with Crippen LogP contribution < -0.4 is 5.32 Å². The van der Waals surface area contributed by atoms with Crippen molar-refractivity contribution in [1.29, 1.82) is 0 Å². The van der Waals surface area contributed by atoms with Crippen LogP contribution in [0.4, 0.5) is 5.82 Å². The van der Waals surface area contributed by atoms with E-state index < -0.39 is 0 Å². The molecule has 0 radical (unpaired) electrons. The van der Waals surface area contributed by atoms with Crippen LogP contribution in [0, 0.1) is 0 Å². The Balaban J connectivity index is 2.79. The highest BCUT2D eigenvalue weighted by atomic mass is 15.0. The SMILES string of the molecule is CNc1nccn2cccc12. The first-order valence-electron chi connectivity index (χ1n) is 3.51. The number of nitrogens with one attached hydrogen (secondary N) is 1. The van der Waals surface area contributed by atoms with Crippen molar-refractivity contribution in [3.05, 3.63) is 30.7 Å². The third-order valence-corrected chi connectivity index (χ3v) is 1.69. The van der Waals surface area contributed by atoms with Gasteiger partial charge in [-0.05, 0) is 12.1 Å². The molecule has 3 heteroatoms. The van der Waals surface area contributed by atoms with E-state index in [9.17, 15) is 0 Å². The van der Waals surface area contributed by atoms with Crippen LogP contribution in [0.3, 0.4) is 0 Å². The van der Waals surface area contributed by atoms with Crippen molar-refractivity contribution in [3.8, 4) is 0 Å². The van der Waals surface area contributed by atoms with Crippen LogP contribution in [-0.4, -0.2) is 16.4 Å². The van der Waals surface area contributed by atoms with Gasteiger partial charge in [0.05, 0.1) is 5.52 Å². The summed E-state index contributed by atoms with van der Waals surface area (Å²) in [6, 6.07) is 4.02. The quantitative estimate of drug-likeness (QED) is 0.660. The number of anilines is 1. The lowest BCUT2D eigenvalue weighted by molar-refractivity contribution is 1.14. The zero-order chi connectivity index (χ0) is 7.68. The smallest absolute Gasteiger partial charge is 0.150 e. The Hall–Kier alpha value is -1.51. The molecule has 2 heterocycles. The van der Waals surface area contributed by atoms with Gasteiger partial charge in [0.2, 0.25) is 0 Å². The molecular formula is C8H9N3. The van der Waals surface area contributed by atoms with Gasteiger partial charge in [-0.25, -0.2) is 4.98 Å². The van der Waals surface area contributed by atoms with Gasteiger partial charge in [0, 0.05) is 25.6 Å². The Kier molecular flexibility index (Phi) is 1.28. The Morgan fingerprint density at radius 3 is 3.18 bits per heavy atom. The van der Waals surface area contributed by atoms with Crippen LogP contribution in [0.15, 0.2) is 30.7 Å². The zero-order valence-electron chi connectivity index (χ0n) is 6.28. The molecule has 0 aliphatic rings. The summed E-state index contributed by atoms with van der Waals surface area (Å²) in [6.07, 6.45) is 5.70. The molecule has 2 rings (SSSR count). The topological polar surface area (TPSA) is 29.3 Å². The average Bonchev–Trinajstić information content (AvgIpc) is 2.50. The molecule has 1 N–H and O–H groups in total. The molecular weight excluding hydrogens is 138 g/mol. The van der Waals surface area contributed by atoms with Gasteiger partial charge in [-0.15, -0.1) is 0 Å². The molecule has 0 amide bonds. The number of fused-ring (bicyclic) bond motifs is 1. The largest absolute Gasteiger partial charge is 0.371 e. The molecule has 56 valence electrons. The highest BCUT2D eigenvalue weighted by molar-refractivity contribution is 5.67. The van der Waals surface area contributed by atoms with Crippen LogP contribution in [0.5, 0.6) is 0 Å². The lowest BCUT2D eigenvalue weighted by Crippen LogP contribution is -1.94. The van der Waals surface area contributed by atoms with Gasteiger partial charge in [0.25, 0.3) is 0 Å². The second-order valence-corrected chi connectivity index (χ2v) is 2.33. The standard InChI is InChI=1S/C8H9N3/c1-9-8-7-3-2-5-11(7)6-4-10-8/h2-6H,1H3,(H,9,10). The molecule has 0 spiro atoms. The fourth-order valence-corrected chi connectivity index (χ4v) is 1.16. The first-order chi connectivity index (χ1) is 5.42. The Labute approximate surface area is 64.7 Å². The summed E-state index contributed by atoms with van der Waals surface area (Å²) < 4.78 is 2.03. The normalized spacial score (nSPS) is 10.3. The Bertz CT molecular complexity index is 364. The first kappa shape index (κ1) is 6.22. The minimum Gasteiger partial charge on any atom is -0.371 e. The molecule has 0 unspecified atom stereocenters. The molecule has 2 aromatic heterocycles. The van der Waals surface area contributed by atoms with Gasteiger partial charge in [0.1, 0.15) is 5.82 Å². The van der Waals surface area contributed by atoms with Crippen LogP contribution in [0.1, 0.15) is 0 Å². The van der Waals surface area contributed by atoms with Gasteiger partial charge in [-0.2, -0.15) is 0 Å². The molecule has 11 heavy (non-hydrogen) atoms. The number of aromatic nitrogens is 2. The Morgan fingerprint density at radius 2 is 2.36 bits per heavy atom. The van der Waals surface area contributed by atoms with E-state index in [1.165, 1.54) is 0 Å². The van der Waals surface area contributed by atoms with Crippen LogP contribution in [-0.2, 0) is 0 Å². The summed E-state index contributed by atoms with van der Waals surface area (Å²) in [5, 5.41) is 3.02. The van der Waals surface area contributed by atoms with Gasteiger partial charge in [-0.1, -0.05) is 0 Å². The lowest BCUT2D eigenvalue weighted by atomic mass is 10.5. The van der Waals surface area contributed by atoms with Crippen molar-refractivity contribution >= 4 is 11.3 Å². The maximum Gasteiger partial charge on any atom is 0.150 e. The van der Waals surface area contributed by atoms with Crippen LogP contribution >= 0.6 is 0 Å². The van der Waals surface area contributed by atoms with E-state index in [0.29, 0.717) is 0 Å². The monoisotopic (exact) mass is 147 g/mol. The predicted octanol–water partition coefficient (Wildman–Crippen LogP) is 1.38. The van der Waals surface area contributed by atoms with Gasteiger partial charge < -0.3 is 9.72 Å². The van der Waals surface area contributed by atoms with E-state index in [1.54, 1.807) is 6.20 Å². The summed E-state index contributed by atoms with van der Waals surface area (Å²) in [4.78, 5) is 4.17. The predicted molar refractivity (Wildman–Crippen MR) is 44.7 cm³/mol. The summed E-state index contributed by atoms with van der Waals surface area (Å²) in [5.74, 6) is 0.914.